The van der Waals surface area contributed by atoms with Gasteiger partial charge in [0.2, 0.25) is 0 Å². The van der Waals surface area contributed by atoms with Crippen LogP contribution in [0, 0.1) is 0 Å². The number of aliphatic carboxylic acids is 1. The van der Waals surface area contributed by atoms with E-state index in [4.69, 9.17) is 5.11 Å². The van der Waals surface area contributed by atoms with Crippen LogP contribution in [0.25, 0.3) is 6.08 Å². The zero-order valence-corrected chi connectivity index (χ0v) is 12.9. The first kappa shape index (κ1) is 17.4. The van der Waals surface area contributed by atoms with Gasteiger partial charge in [0, 0.05) is 26.2 Å². The second-order valence-corrected chi connectivity index (χ2v) is 6.43. The second-order valence-electron chi connectivity index (χ2n) is 4.57. The highest BCUT2D eigenvalue weighted by molar-refractivity contribution is 7.87. The van der Waals surface area contributed by atoms with Gasteiger partial charge in [0.25, 0.3) is 10.2 Å². The molecule has 116 valence electrons. The largest absolute Gasteiger partial charge is 0.478 e. The van der Waals surface area contributed by atoms with Crippen molar-refractivity contribution in [1.29, 1.82) is 0 Å². The minimum Gasteiger partial charge on any atom is -0.478 e. The number of carboxylic acids is 1. The molecule has 0 bridgehead atoms. The highest BCUT2D eigenvalue weighted by Gasteiger charge is 2.16. The zero-order valence-electron chi connectivity index (χ0n) is 12.1. The quantitative estimate of drug-likeness (QED) is 0.712. The van der Waals surface area contributed by atoms with E-state index >= 15 is 0 Å². The fraction of sp³-hybridized carbons (Fsp3) is 0.357. The van der Waals surface area contributed by atoms with E-state index in [0.717, 1.165) is 18.1 Å². The van der Waals surface area contributed by atoms with Gasteiger partial charge in [-0.3, -0.25) is 0 Å². The van der Waals surface area contributed by atoms with Gasteiger partial charge in [-0.05, 0) is 23.6 Å². The molecule has 0 spiro atoms. The van der Waals surface area contributed by atoms with Crippen LogP contribution in [0.1, 0.15) is 24.5 Å². The molecule has 21 heavy (non-hydrogen) atoms. The van der Waals surface area contributed by atoms with E-state index in [0.29, 0.717) is 12.1 Å². The summed E-state index contributed by atoms with van der Waals surface area (Å²) in [5.41, 5.74) is 1.49. The average Bonchev–Trinajstić information content (AvgIpc) is 2.43. The van der Waals surface area contributed by atoms with Crippen molar-refractivity contribution in [2.24, 2.45) is 0 Å². The van der Waals surface area contributed by atoms with Crippen LogP contribution in [0.2, 0.25) is 0 Å². The predicted octanol–water partition coefficient (Wildman–Crippen LogP) is 1.46. The monoisotopic (exact) mass is 312 g/mol. The van der Waals surface area contributed by atoms with Crippen molar-refractivity contribution >= 4 is 22.3 Å². The summed E-state index contributed by atoms with van der Waals surface area (Å²) < 4.78 is 27.5. The second kappa shape index (κ2) is 7.92. The van der Waals surface area contributed by atoms with Gasteiger partial charge in [-0.1, -0.05) is 31.2 Å². The Hall–Kier alpha value is -1.70. The lowest BCUT2D eigenvalue weighted by molar-refractivity contribution is -0.131. The van der Waals surface area contributed by atoms with E-state index in [1.165, 1.54) is 17.4 Å². The molecule has 0 heterocycles. The van der Waals surface area contributed by atoms with Crippen LogP contribution in [0.15, 0.2) is 30.3 Å². The smallest absolute Gasteiger partial charge is 0.328 e. The zero-order chi connectivity index (χ0) is 15.9. The summed E-state index contributed by atoms with van der Waals surface area (Å²) in [6, 6.07) is 7.07. The van der Waals surface area contributed by atoms with Crippen molar-refractivity contribution in [3.05, 3.63) is 41.5 Å². The van der Waals surface area contributed by atoms with Gasteiger partial charge in [0.05, 0.1) is 0 Å². The van der Waals surface area contributed by atoms with E-state index in [1.807, 2.05) is 6.92 Å². The Morgan fingerprint density at radius 3 is 2.76 bits per heavy atom. The van der Waals surface area contributed by atoms with Crippen LogP contribution >= 0.6 is 0 Å². The van der Waals surface area contributed by atoms with Gasteiger partial charge in [-0.15, -0.1) is 0 Å². The molecule has 0 aliphatic heterocycles. The van der Waals surface area contributed by atoms with Crippen molar-refractivity contribution in [2.75, 3.05) is 13.6 Å². The molecule has 0 aliphatic carbocycles. The van der Waals surface area contributed by atoms with Crippen LogP contribution in [-0.2, 0) is 21.5 Å². The molecule has 7 heteroatoms. The summed E-state index contributed by atoms with van der Waals surface area (Å²) in [6.45, 7) is 2.50. The Labute approximate surface area is 125 Å². The highest BCUT2D eigenvalue weighted by Crippen LogP contribution is 2.10. The first-order chi connectivity index (χ1) is 9.85. The summed E-state index contributed by atoms with van der Waals surface area (Å²) in [5, 5.41) is 8.60. The number of hydrogen-bond acceptors (Lipinski definition) is 3. The molecule has 0 amide bonds. The fourth-order valence-electron chi connectivity index (χ4n) is 1.65. The van der Waals surface area contributed by atoms with E-state index < -0.39 is 16.2 Å². The van der Waals surface area contributed by atoms with Gasteiger partial charge in [-0.2, -0.15) is 12.7 Å². The maximum atomic E-state index is 11.9. The molecule has 2 N–H and O–H groups in total. The molecule has 1 aromatic rings. The summed E-state index contributed by atoms with van der Waals surface area (Å²) >= 11 is 0. The van der Waals surface area contributed by atoms with E-state index in [1.54, 1.807) is 24.3 Å². The lowest BCUT2D eigenvalue weighted by Gasteiger charge is -2.17. The molecule has 0 aliphatic rings. The standard InChI is InChI=1S/C14H20N2O4S/c1-3-9-15-21(19,20)16(2)11-13-6-4-5-12(10-13)7-8-14(17)18/h4-8,10,15H,3,9,11H2,1-2H3,(H,17,18)/b8-7+. The van der Waals surface area contributed by atoms with Crippen LogP contribution in [0.5, 0.6) is 0 Å². The molecule has 6 nitrogen and oxygen atoms in total. The van der Waals surface area contributed by atoms with Gasteiger partial charge in [0.15, 0.2) is 0 Å². The normalized spacial score (nSPS) is 12.1. The van der Waals surface area contributed by atoms with Crippen molar-refractivity contribution in [1.82, 2.24) is 9.03 Å². The molecule has 0 saturated carbocycles. The third-order valence-corrected chi connectivity index (χ3v) is 4.24. The van der Waals surface area contributed by atoms with Crippen LogP contribution < -0.4 is 4.72 Å². The number of benzene rings is 1. The summed E-state index contributed by atoms with van der Waals surface area (Å²) in [6.07, 6.45) is 3.24. The maximum Gasteiger partial charge on any atom is 0.328 e. The lowest BCUT2D eigenvalue weighted by atomic mass is 10.1. The fourth-order valence-corrected chi connectivity index (χ4v) is 2.65. The Morgan fingerprint density at radius 2 is 2.14 bits per heavy atom. The van der Waals surface area contributed by atoms with E-state index in [2.05, 4.69) is 4.72 Å². The van der Waals surface area contributed by atoms with Crippen molar-refractivity contribution in [3.8, 4) is 0 Å². The maximum absolute atomic E-state index is 11.9. The molecule has 0 aromatic heterocycles. The molecule has 0 fully saturated rings. The first-order valence-electron chi connectivity index (χ1n) is 6.56. The van der Waals surface area contributed by atoms with Gasteiger partial charge in [0.1, 0.15) is 0 Å². The molecule has 1 rings (SSSR count). The first-order valence-corrected chi connectivity index (χ1v) is 8.00. The minimum atomic E-state index is -3.49. The summed E-state index contributed by atoms with van der Waals surface area (Å²) in [4.78, 5) is 10.5. The highest BCUT2D eigenvalue weighted by atomic mass is 32.2. The number of hydrogen-bond donors (Lipinski definition) is 2. The van der Waals surface area contributed by atoms with Gasteiger partial charge in [-0.25, -0.2) is 9.52 Å². The lowest BCUT2D eigenvalue weighted by Crippen LogP contribution is -2.38. The summed E-state index contributed by atoms with van der Waals surface area (Å²) in [7, 11) is -1.99. The van der Waals surface area contributed by atoms with Crippen LogP contribution in [0.3, 0.4) is 0 Å². The Balaban J connectivity index is 2.79. The molecule has 0 saturated heterocycles. The molecule has 1 aromatic carbocycles. The Kier molecular flexibility index (Phi) is 6.54. The van der Waals surface area contributed by atoms with Crippen molar-refractivity contribution < 1.29 is 18.3 Å². The number of carbonyl (C=O) groups is 1. The third kappa shape index (κ3) is 6.07. The number of rotatable bonds is 8. The topological polar surface area (TPSA) is 86.7 Å². The van der Waals surface area contributed by atoms with Gasteiger partial charge < -0.3 is 5.11 Å². The van der Waals surface area contributed by atoms with Crippen LogP contribution in [0.4, 0.5) is 0 Å². The third-order valence-electron chi connectivity index (χ3n) is 2.72. The molecule has 0 radical (unpaired) electrons. The predicted molar refractivity (Wildman–Crippen MR) is 81.8 cm³/mol. The van der Waals surface area contributed by atoms with Crippen LogP contribution in [-0.4, -0.2) is 37.4 Å². The number of nitrogens with one attached hydrogen (secondary N) is 1. The molecule has 0 atom stereocenters. The summed E-state index contributed by atoms with van der Waals surface area (Å²) in [5.74, 6) is -1.02. The average molecular weight is 312 g/mol. The molecular formula is C14H20N2O4S. The Morgan fingerprint density at radius 1 is 1.43 bits per heavy atom. The minimum absolute atomic E-state index is 0.216. The van der Waals surface area contributed by atoms with E-state index in [-0.39, 0.29) is 6.54 Å². The Bertz CT molecular complexity index is 611. The molecular weight excluding hydrogens is 292 g/mol. The number of carboxylic acid groups (broad SMARTS) is 1. The number of nitrogens with zero attached hydrogens (tertiary/aromatic N) is 1. The molecule has 0 unspecified atom stereocenters. The van der Waals surface area contributed by atoms with Gasteiger partial charge >= 0.3 is 5.97 Å². The van der Waals surface area contributed by atoms with E-state index in [9.17, 15) is 13.2 Å². The van der Waals surface area contributed by atoms with Crippen molar-refractivity contribution in [2.45, 2.75) is 19.9 Å². The SMILES string of the molecule is CCCNS(=O)(=O)N(C)Cc1cccc(/C=C/C(=O)O)c1. The van der Waals surface area contributed by atoms with Crippen molar-refractivity contribution in [3.63, 3.8) is 0 Å².